The molecule has 2 rings (SSSR count). The fourth-order valence-corrected chi connectivity index (χ4v) is 2.25. The summed E-state index contributed by atoms with van der Waals surface area (Å²) in [6.07, 6.45) is 2.29. The van der Waals surface area contributed by atoms with E-state index < -0.39 is 0 Å². The largest absolute Gasteiger partial charge is 0.459 e. The van der Waals surface area contributed by atoms with Crippen molar-refractivity contribution in [3.05, 3.63) is 40.5 Å². The highest BCUT2D eigenvalue weighted by molar-refractivity contribution is 7.07. The number of nitrogens with zero attached hydrogens (tertiary/aromatic N) is 2. The normalized spacial score (nSPS) is 10.6. The van der Waals surface area contributed by atoms with Crippen LogP contribution in [0.15, 0.2) is 29.2 Å². The van der Waals surface area contributed by atoms with Crippen LogP contribution in [0.4, 0.5) is 5.82 Å². The van der Waals surface area contributed by atoms with E-state index in [2.05, 4.69) is 15.3 Å². The Morgan fingerprint density at radius 2 is 2.30 bits per heavy atom. The third-order valence-corrected chi connectivity index (χ3v) is 3.16. The van der Waals surface area contributed by atoms with Gasteiger partial charge in [0, 0.05) is 24.5 Å². The minimum atomic E-state index is -0.357. The van der Waals surface area contributed by atoms with Crippen LogP contribution < -0.4 is 5.32 Å². The average molecular weight is 291 g/mol. The SMILES string of the molecule is CC(C)OC(=O)c1cccnc1NCCc1cscn1. The van der Waals surface area contributed by atoms with Gasteiger partial charge in [0.25, 0.3) is 0 Å². The quantitative estimate of drug-likeness (QED) is 0.829. The zero-order valence-electron chi connectivity index (χ0n) is 11.5. The first-order chi connectivity index (χ1) is 9.66. The number of nitrogens with one attached hydrogen (secondary N) is 1. The Bertz CT molecular complexity index is 555. The smallest absolute Gasteiger partial charge is 0.342 e. The summed E-state index contributed by atoms with van der Waals surface area (Å²) in [5.41, 5.74) is 3.30. The second kappa shape index (κ2) is 7.00. The van der Waals surface area contributed by atoms with E-state index in [0.717, 1.165) is 12.1 Å². The van der Waals surface area contributed by atoms with E-state index in [-0.39, 0.29) is 12.1 Å². The van der Waals surface area contributed by atoms with E-state index in [1.54, 1.807) is 29.7 Å². The number of carbonyl (C=O) groups excluding carboxylic acids is 1. The van der Waals surface area contributed by atoms with Crippen molar-refractivity contribution in [2.24, 2.45) is 0 Å². The molecular weight excluding hydrogens is 274 g/mol. The number of ether oxygens (including phenoxy) is 1. The number of esters is 1. The number of hydrogen-bond acceptors (Lipinski definition) is 6. The maximum absolute atomic E-state index is 12.0. The lowest BCUT2D eigenvalue weighted by Crippen LogP contribution is -2.16. The summed E-state index contributed by atoms with van der Waals surface area (Å²) in [5, 5.41) is 5.17. The van der Waals surface area contributed by atoms with Crippen LogP contribution in [0.2, 0.25) is 0 Å². The van der Waals surface area contributed by atoms with E-state index in [1.807, 2.05) is 24.7 Å². The summed E-state index contributed by atoms with van der Waals surface area (Å²) in [7, 11) is 0. The molecule has 0 aliphatic heterocycles. The fourth-order valence-electron chi connectivity index (χ4n) is 1.66. The van der Waals surface area contributed by atoms with Crippen molar-refractivity contribution in [1.82, 2.24) is 9.97 Å². The monoisotopic (exact) mass is 291 g/mol. The van der Waals surface area contributed by atoms with Crippen molar-refractivity contribution in [2.45, 2.75) is 26.4 Å². The van der Waals surface area contributed by atoms with Crippen molar-refractivity contribution in [1.29, 1.82) is 0 Å². The lowest BCUT2D eigenvalue weighted by atomic mass is 10.2. The van der Waals surface area contributed by atoms with Gasteiger partial charge in [-0.15, -0.1) is 11.3 Å². The molecule has 2 heterocycles. The molecule has 0 atom stereocenters. The number of rotatable bonds is 6. The minimum Gasteiger partial charge on any atom is -0.459 e. The summed E-state index contributed by atoms with van der Waals surface area (Å²) < 4.78 is 5.20. The number of anilines is 1. The van der Waals surface area contributed by atoms with Gasteiger partial charge >= 0.3 is 5.97 Å². The summed E-state index contributed by atoms with van der Waals surface area (Å²) in [5.74, 6) is 0.192. The third kappa shape index (κ3) is 4.03. The molecule has 0 radical (unpaired) electrons. The standard InChI is InChI=1S/C14H17N3O2S/c1-10(2)19-14(18)12-4-3-6-15-13(12)16-7-5-11-8-20-9-17-11/h3-4,6,8-10H,5,7H2,1-2H3,(H,15,16). The van der Waals surface area contributed by atoms with Gasteiger partial charge in [0.2, 0.25) is 0 Å². The van der Waals surface area contributed by atoms with Crippen LogP contribution in [-0.2, 0) is 11.2 Å². The van der Waals surface area contributed by atoms with Crippen molar-refractivity contribution >= 4 is 23.1 Å². The first kappa shape index (κ1) is 14.5. The summed E-state index contributed by atoms with van der Waals surface area (Å²) in [4.78, 5) is 20.4. The van der Waals surface area contributed by atoms with Gasteiger partial charge in [0.15, 0.2) is 0 Å². The first-order valence-corrected chi connectivity index (χ1v) is 7.38. The summed E-state index contributed by atoms with van der Waals surface area (Å²) in [6, 6.07) is 3.44. The van der Waals surface area contributed by atoms with Crippen LogP contribution in [0.3, 0.4) is 0 Å². The van der Waals surface area contributed by atoms with Crippen LogP contribution in [0.25, 0.3) is 0 Å². The van der Waals surface area contributed by atoms with Gasteiger partial charge in [-0.25, -0.2) is 14.8 Å². The van der Waals surface area contributed by atoms with Crippen LogP contribution in [0, 0.1) is 0 Å². The van der Waals surface area contributed by atoms with E-state index in [0.29, 0.717) is 17.9 Å². The Labute approximate surface area is 122 Å². The zero-order valence-corrected chi connectivity index (χ0v) is 12.3. The Balaban J connectivity index is 1.98. The fraction of sp³-hybridized carbons (Fsp3) is 0.357. The molecule has 0 saturated carbocycles. The number of pyridine rings is 1. The Morgan fingerprint density at radius 1 is 1.45 bits per heavy atom. The molecule has 2 aromatic rings. The predicted octanol–water partition coefficient (Wildman–Crippen LogP) is 2.76. The van der Waals surface area contributed by atoms with Gasteiger partial charge in [0.05, 0.1) is 17.3 Å². The number of hydrogen-bond donors (Lipinski definition) is 1. The Kier molecular flexibility index (Phi) is 5.06. The van der Waals surface area contributed by atoms with Crippen LogP contribution in [0.5, 0.6) is 0 Å². The molecular formula is C14H17N3O2S. The second-order valence-corrected chi connectivity index (χ2v) is 5.23. The molecule has 0 aliphatic carbocycles. The molecule has 0 unspecified atom stereocenters. The van der Waals surface area contributed by atoms with Gasteiger partial charge in [0.1, 0.15) is 11.4 Å². The topological polar surface area (TPSA) is 64.1 Å². The molecule has 106 valence electrons. The molecule has 2 aromatic heterocycles. The van der Waals surface area contributed by atoms with Gasteiger partial charge in [-0.2, -0.15) is 0 Å². The summed E-state index contributed by atoms with van der Waals surface area (Å²) >= 11 is 1.57. The van der Waals surface area contributed by atoms with Crippen molar-refractivity contribution < 1.29 is 9.53 Å². The zero-order chi connectivity index (χ0) is 14.4. The maximum atomic E-state index is 12.0. The maximum Gasteiger partial charge on any atom is 0.342 e. The van der Waals surface area contributed by atoms with Crippen LogP contribution >= 0.6 is 11.3 Å². The van der Waals surface area contributed by atoms with Crippen molar-refractivity contribution in [3.63, 3.8) is 0 Å². The van der Waals surface area contributed by atoms with Gasteiger partial charge in [-0.1, -0.05) is 0 Å². The van der Waals surface area contributed by atoms with E-state index in [4.69, 9.17) is 4.74 Å². The van der Waals surface area contributed by atoms with E-state index >= 15 is 0 Å². The molecule has 0 aromatic carbocycles. The molecule has 1 N–H and O–H groups in total. The minimum absolute atomic E-state index is 0.148. The molecule has 20 heavy (non-hydrogen) atoms. The number of aromatic nitrogens is 2. The number of thiazole rings is 1. The van der Waals surface area contributed by atoms with E-state index in [9.17, 15) is 4.79 Å². The van der Waals surface area contributed by atoms with Crippen LogP contribution in [0.1, 0.15) is 29.9 Å². The van der Waals surface area contributed by atoms with Gasteiger partial charge < -0.3 is 10.1 Å². The van der Waals surface area contributed by atoms with Crippen LogP contribution in [-0.4, -0.2) is 28.6 Å². The molecule has 0 aliphatic rings. The first-order valence-electron chi connectivity index (χ1n) is 6.43. The highest BCUT2D eigenvalue weighted by atomic mass is 32.1. The molecule has 6 heteroatoms. The highest BCUT2D eigenvalue weighted by Gasteiger charge is 2.14. The Hall–Kier alpha value is -1.95. The average Bonchev–Trinajstić information content (AvgIpc) is 2.91. The second-order valence-electron chi connectivity index (χ2n) is 4.51. The predicted molar refractivity (Wildman–Crippen MR) is 79.1 cm³/mol. The summed E-state index contributed by atoms with van der Waals surface area (Å²) in [6.45, 7) is 4.32. The van der Waals surface area contributed by atoms with Gasteiger partial charge in [-0.3, -0.25) is 0 Å². The number of carbonyl (C=O) groups is 1. The highest BCUT2D eigenvalue weighted by Crippen LogP contribution is 2.14. The molecule has 0 saturated heterocycles. The van der Waals surface area contributed by atoms with Gasteiger partial charge in [-0.05, 0) is 26.0 Å². The van der Waals surface area contributed by atoms with E-state index in [1.165, 1.54) is 0 Å². The molecule has 0 amide bonds. The third-order valence-electron chi connectivity index (χ3n) is 2.53. The molecule has 5 nitrogen and oxygen atoms in total. The van der Waals surface area contributed by atoms with Crippen molar-refractivity contribution in [3.8, 4) is 0 Å². The lowest BCUT2D eigenvalue weighted by Gasteiger charge is -2.11. The Morgan fingerprint density at radius 3 is 3.00 bits per heavy atom. The molecule has 0 bridgehead atoms. The molecule has 0 spiro atoms. The molecule has 0 fully saturated rings. The lowest BCUT2D eigenvalue weighted by molar-refractivity contribution is 0.0378. The van der Waals surface area contributed by atoms with Crippen molar-refractivity contribution in [2.75, 3.05) is 11.9 Å².